The summed E-state index contributed by atoms with van der Waals surface area (Å²) < 4.78 is 17.6. The minimum absolute atomic E-state index is 0.175. The lowest BCUT2D eigenvalue weighted by Gasteiger charge is -2.11. The molecule has 0 radical (unpaired) electrons. The predicted molar refractivity (Wildman–Crippen MR) is 48.0 cm³/mol. The van der Waals surface area contributed by atoms with E-state index in [1.807, 2.05) is 0 Å². The zero-order valence-corrected chi connectivity index (χ0v) is 7.91. The third kappa shape index (κ3) is 2.92. The summed E-state index contributed by atoms with van der Waals surface area (Å²) in [5.74, 6) is 0.175. The van der Waals surface area contributed by atoms with Gasteiger partial charge >= 0.3 is 8.60 Å². The maximum atomic E-state index is 12.9. The van der Waals surface area contributed by atoms with Gasteiger partial charge in [-0.3, -0.25) is 0 Å². The fourth-order valence-corrected chi connectivity index (χ4v) is 1.32. The van der Waals surface area contributed by atoms with Gasteiger partial charge in [-0.1, -0.05) is 18.2 Å². The van der Waals surface area contributed by atoms with Gasteiger partial charge in [0.05, 0.1) is 0 Å². The second-order valence-electron chi connectivity index (χ2n) is 2.50. The number of benzene rings is 1. The summed E-state index contributed by atoms with van der Waals surface area (Å²) in [6, 6.07) is 6.33. The van der Waals surface area contributed by atoms with Crippen LogP contribution in [0.2, 0.25) is 0 Å². The van der Waals surface area contributed by atoms with Crippen LogP contribution in [-0.4, -0.2) is 9.79 Å². The minimum Gasteiger partial charge on any atom is -0.427 e. The van der Waals surface area contributed by atoms with Crippen LogP contribution in [-0.2, 0) is 0 Å². The van der Waals surface area contributed by atoms with Gasteiger partial charge in [0.1, 0.15) is 11.9 Å². The summed E-state index contributed by atoms with van der Waals surface area (Å²) >= 11 is 0. The smallest absolute Gasteiger partial charge is 0.391 e. The second-order valence-corrected chi connectivity index (χ2v) is 3.19. The van der Waals surface area contributed by atoms with E-state index in [2.05, 4.69) is 4.52 Å². The highest BCUT2D eigenvalue weighted by molar-refractivity contribution is 7.39. The summed E-state index contributed by atoms with van der Waals surface area (Å²) in [7, 11) is -2.48. The van der Waals surface area contributed by atoms with Crippen LogP contribution in [0.3, 0.4) is 0 Å². The molecule has 2 N–H and O–H groups in total. The van der Waals surface area contributed by atoms with Crippen molar-refractivity contribution in [2.75, 3.05) is 0 Å². The molecule has 0 bridgehead atoms. The number of halogens is 1. The molecule has 3 nitrogen and oxygen atoms in total. The molecule has 1 aromatic carbocycles. The molecule has 5 heteroatoms. The molecule has 0 aromatic heterocycles. The Hall–Kier alpha value is -0.700. The number of hydrogen-bond acceptors (Lipinski definition) is 3. The predicted octanol–water partition coefficient (Wildman–Crippen LogP) is 2.31. The van der Waals surface area contributed by atoms with Crippen molar-refractivity contribution in [3.05, 3.63) is 29.8 Å². The Morgan fingerprint density at radius 2 is 2.00 bits per heavy atom. The van der Waals surface area contributed by atoms with Crippen LogP contribution in [0.1, 0.15) is 18.7 Å². The van der Waals surface area contributed by atoms with Crippen LogP contribution >= 0.6 is 8.60 Å². The Morgan fingerprint density at radius 3 is 2.54 bits per heavy atom. The molecule has 72 valence electrons. The van der Waals surface area contributed by atoms with Gasteiger partial charge in [0.2, 0.25) is 0 Å². The lowest BCUT2D eigenvalue weighted by molar-refractivity contribution is 0.347. The first-order valence-corrected chi connectivity index (χ1v) is 4.86. The highest BCUT2D eigenvalue weighted by Crippen LogP contribution is 2.35. The molecule has 1 atom stereocenters. The number of rotatable bonds is 3. The van der Waals surface area contributed by atoms with Crippen LogP contribution in [0.25, 0.3) is 0 Å². The van der Waals surface area contributed by atoms with Gasteiger partial charge < -0.3 is 14.3 Å². The highest BCUT2D eigenvalue weighted by Gasteiger charge is 2.12. The number of para-hydroxylation sites is 1. The van der Waals surface area contributed by atoms with Crippen molar-refractivity contribution in [2.24, 2.45) is 0 Å². The zero-order valence-electron chi connectivity index (χ0n) is 7.01. The van der Waals surface area contributed by atoms with Gasteiger partial charge in [-0.25, -0.2) is 4.39 Å². The molecule has 0 aliphatic carbocycles. The fourth-order valence-electron chi connectivity index (χ4n) is 0.980. The Bertz CT molecular complexity index is 278. The third-order valence-corrected chi connectivity index (χ3v) is 1.89. The van der Waals surface area contributed by atoms with E-state index in [-0.39, 0.29) is 5.75 Å². The Balaban J connectivity index is 2.91. The molecule has 1 aromatic rings. The normalized spacial score (nSPS) is 13.0. The van der Waals surface area contributed by atoms with E-state index in [4.69, 9.17) is 9.79 Å². The Labute approximate surface area is 76.8 Å². The van der Waals surface area contributed by atoms with Crippen molar-refractivity contribution >= 4 is 8.60 Å². The van der Waals surface area contributed by atoms with Crippen LogP contribution in [0.4, 0.5) is 4.39 Å². The van der Waals surface area contributed by atoms with Crippen LogP contribution in [0.15, 0.2) is 24.3 Å². The maximum Gasteiger partial charge on any atom is 0.391 e. The first kappa shape index (κ1) is 10.4. The van der Waals surface area contributed by atoms with Crippen LogP contribution in [0.5, 0.6) is 5.75 Å². The largest absolute Gasteiger partial charge is 0.427 e. The fraction of sp³-hybridized carbons (Fsp3) is 0.250. The summed E-state index contributed by atoms with van der Waals surface area (Å²) in [5.41, 5.74) is 0.318. The highest BCUT2D eigenvalue weighted by atomic mass is 31.2. The van der Waals surface area contributed by atoms with E-state index < -0.39 is 14.8 Å². The van der Waals surface area contributed by atoms with Crippen molar-refractivity contribution in [3.8, 4) is 5.75 Å². The average molecular weight is 204 g/mol. The number of alkyl halides is 1. The molecule has 0 aliphatic heterocycles. The second kappa shape index (κ2) is 4.51. The first-order valence-electron chi connectivity index (χ1n) is 3.70. The first-order chi connectivity index (χ1) is 6.11. The van der Waals surface area contributed by atoms with Gasteiger partial charge in [0, 0.05) is 5.56 Å². The topological polar surface area (TPSA) is 49.7 Å². The van der Waals surface area contributed by atoms with Gasteiger partial charge in [0.15, 0.2) is 0 Å². The van der Waals surface area contributed by atoms with Crippen LogP contribution in [0, 0.1) is 0 Å². The van der Waals surface area contributed by atoms with E-state index in [9.17, 15) is 4.39 Å². The van der Waals surface area contributed by atoms with E-state index in [0.29, 0.717) is 5.56 Å². The molecule has 0 heterocycles. The monoisotopic (exact) mass is 204 g/mol. The molecule has 0 amide bonds. The van der Waals surface area contributed by atoms with Crippen molar-refractivity contribution in [3.63, 3.8) is 0 Å². The van der Waals surface area contributed by atoms with Gasteiger partial charge in [-0.05, 0) is 13.0 Å². The molecule has 1 unspecified atom stereocenters. The number of hydrogen-bond donors (Lipinski definition) is 2. The summed E-state index contributed by atoms with van der Waals surface area (Å²) in [5, 5.41) is 0. The maximum absolute atomic E-state index is 12.9. The van der Waals surface area contributed by atoms with Gasteiger partial charge in [-0.2, -0.15) is 0 Å². The molecular formula is C8H10FO3P. The molecular weight excluding hydrogens is 194 g/mol. The van der Waals surface area contributed by atoms with Crippen molar-refractivity contribution in [1.29, 1.82) is 0 Å². The molecule has 0 spiro atoms. The van der Waals surface area contributed by atoms with E-state index in [0.717, 1.165) is 0 Å². The zero-order chi connectivity index (χ0) is 9.84. The van der Waals surface area contributed by atoms with Crippen molar-refractivity contribution in [1.82, 2.24) is 0 Å². The van der Waals surface area contributed by atoms with Crippen LogP contribution < -0.4 is 4.52 Å². The third-order valence-electron chi connectivity index (χ3n) is 1.53. The molecule has 0 saturated heterocycles. The summed E-state index contributed by atoms with van der Waals surface area (Å²) in [6.45, 7) is 1.36. The van der Waals surface area contributed by atoms with Gasteiger partial charge in [-0.15, -0.1) is 0 Å². The van der Waals surface area contributed by atoms with E-state index in [1.54, 1.807) is 18.2 Å². The van der Waals surface area contributed by atoms with E-state index in [1.165, 1.54) is 13.0 Å². The molecule has 1 rings (SSSR count). The van der Waals surface area contributed by atoms with E-state index >= 15 is 0 Å². The lowest BCUT2D eigenvalue weighted by atomic mass is 10.1. The summed E-state index contributed by atoms with van der Waals surface area (Å²) in [6.07, 6.45) is -1.19. The molecule has 0 aliphatic rings. The lowest BCUT2D eigenvalue weighted by Crippen LogP contribution is -1.92. The minimum atomic E-state index is -2.48. The molecule has 13 heavy (non-hydrogen) atoms. The van der Waals surface area contributed by atoms with Crippen molar-refractivity contribution in [2.45, 2.75) is 13.1 Å². The van der Waals surface area contributed by atoms with Crippen molar-refractivity contribution < 1.29 is 18.7 Å². The molecule has 0 saturated carbocycles. The Kier molecular flexibility index (Phi) is 3.60. The average Bonchev–Trinajstić information content (AvgIpc) is 2.03. The standard InChI is InChI=1S/C8H10FO3P/c1-6(9)7-4-2-3-5-8(7)12-13(10)11/h2-6,10-11H,1H3. The Morgan fingerprint density at radius 1 is 1.38 bits per heavy atom. The van der Waals surface area contributed by atoms with Gasteiger partial charge in [0.25, 0.3) is 0 Å². The quantitative estimate of drug-likeness (QED) is 0.742. The summed E-state index contributed by atoms with van der Waals surface area (Å²) in [4.78, 5) is 17.2. The SMILES string of the molecule is CC(F)c1ccccc1OP(O)O. The molecule has 0 fully saturated rings.